The molecule has 0 aliphatic rings. The summed E-state index contributed by atoms with van der Waals surface area (Å²) in [5, 5.41) is 4.98. The second-order valence-electron chi connectivity index (χ2n) is 2.65. The van der Waals surface area contributed by atoms with Gasteiger partial charge in [-0.05, 0) is 18.6 Å². The third kappa shape index (κ3) is 1.23. The number of aryl methyl sites for hydroxylation is 1. The van der Waals surface area contributed by atoms with Crippen molar-refractivity contribution in [1.82, 2.24) is 4.49 Å². The topological polar surface area (TPSA) is 27.0 Å². The molecule has 0 saturated heterocycles. The Hall–Kier alpha value is -1.22. The van der Waals surface area contributed by atoms with Crippen molar-refractivity contribution in [2.75, 3.05) is 0 Å². The fraction of sp³-hybridized carbons (Fsp3) is 0.111. The lowest BCUT2D eigenvalue weighted by Gasteiger charge is -1.95. The predicted molar refractivity (Wildman–Crippen MR) is 48.8 cm³/mol. The van der Waals surface area contributed by atoms with Crippen LogP contribution in [-0.4, -0.2) is 4.49 Å². The van der Waals surface area contributed by atoms with Crippen LogP contribution in [0.1, 0.15) is 5.56 Å². The summed E-state index contributed by atoms with van der Waals surface area (Å²) >= 11 is 1.44. The largest absolute Gasteiger partial charge is 0.249 e. The second-order valence-corrected chi connectivity index (χ2v) is 3.28. The smallest absolute Gasteiger partial charge is 0.0868 e. The van der Waals surface area contributed by atoms with Gasteiger partial charge in [-0.25, -0.2) is 0 Å². The second kappa shape index (κ2) is 3.03. The molecule has 12 heavy (non-hydrogen) atoms. The molecule has 0 aliphatic carbocycles. The number of aromatic amines is 1. The number of benzene rings is 1. The van der Waals surface area contributed by atoms with E-state index >= 15 is 0 Å². The van der Waals surface area contributed by atoms with Crippen molar-refractivity contribution in [3.8, 4) is 11.3 Å². The summed E-state index contributed by atoms with van der Waals surface area (Å²) in [4.78, 5) is 0. The van der Waals surface area contributed by atoms with Crippen LogP contribution in [0.4, 0.5) is 0 Å². The molecule has 1 N–H and O–H groups in total. The summed E-state index contributed by atoms with van der Waals surface area (Å²) in [6, 6.07) is 8.27. The summed E-state index contributed by atoms with van der Waals surface area (Å²) in [5.41, 5.74) is 3.60. The fourth-order valence-corrected chi connectivity index (χ4v) is 1.67. The van der Waals surface area contributed by atoms with E-state index in [9.17, 15) is 0 Å². The van der Waals surface area contributed by atoms with Crippen LogP contribution in [0.15, 0.2) is 29.6 Å². The van der Waals surface area contributed by atoms with Crippen LogP contribution in [-0.2, 0) is 0 Å². The van der Waals surface area contributed by atoms with Gasteiger partial charge < -0.3 is 0 Å². The maximum absolute atomic E-state index is 3.96. The summed E-state index contributed by atoms with van der Waals surface area (Å²) in [5.74, 6) is 0. The molecule has 2 aromatic rings. The minimum Gasteiger partial charge on any atom is -0.0868 e. The lowest BCUT2D eigenvalue weighted by molar-refractivity contribution is -0.431. The van der Waals surface area contributed by atoms with Gasteiger partial charge in [0.1, 0.15) is 0 Å². The van der Waals surface area contributed by atoms with Gasteiger partial charge in [-0.1, -0.05) is 23.3 Å². The molecule has 0 saturated carbocycles. The zero-order valence-electron chi connectivity index (χ0n) is 6.74. The molecule has 1 heterocycles. The summed E-state index contributed by atoms with van der Waals surface area (Å²) in [7, 11) is 0. The van der Waals surface area contributed by atoms with Crippen LogP contribution in [0, 0.1) is 6.92 Å². The number of H-pyrrole nitrogens is 1. The first kappa shape index (κ1) is 7.43. The van der Waals surface area contributed by atoms with Crippen LogP contribution in [0.25, 0.3) is 11.3 Å². The lowest BCUT2D eigenvalue weighted by Crippen LogP contribution is -2.04. The van der Waals surface area contributed by atoms with Gasteiger partial charge in [0.2, 0.25) is 5.69 Å². The zero-order chi connectivity index (χ0) is 8.39. The highest BCUT2D eigenvalue weighted by Crippen LogP contribution is 2.18. The number of hydrogen-bond acceptors (Lipinski definition) is 2. The quantitative estimate of drug-likeness (QED) is 0.654. The minimum absolute atomic E-state index is 1.10. The Morgan fingerprint density at radius 1 is 1.33 bits per heavy atom. The van der Waals surface area contributed by atoms with Gasteiger partial charge in [0, 0.05) is 11.5 Å². The highest BCUT2D eigenvalue weighted by atomic mass is 32.1. The van der Waals surface area contributed by atoms with E-state index in [2.05, 4.69) is 28.6 Å². The molecule has 2 rings (SSSR count). The Balaban J connectivity index is 2.55. The van der Waals surface area contributed by atoms with Gasteiger partial charge in [0.15, 0.2) is 0 Å². The molecule has 0 spiro atoms. The van der Waals surface area contributed by atoms with Gasteiger partial charge in [-0.3, -0.25) is 0 Å². The predicted octanol–water partition coefficient (Wildman–Crippen LogP) is 1.93. The Morgan fingerprint density at radius 2 is 2.17 bits per heavy atom. The Morgan fingerprint density at radius 3 is 2.83 bits per heavy atom. The first-order valence-corrected chi connectivity index (χ1v) is 4.59. The lowest BCUT2D eigenvalue weighted by atomic mass is 10.1. The average molecular weight is 177 g/mol. The molecule has 0 fully saturated rings. The number of hydrogen-bond donors (Lipinski definition) is 0. The average Bonchev–Trinajstić information content (AvgIpc) is 2.57. The van der Waals surface area contributed by atoms with Gasteiger partial charge in [0.25, 0.3) is 0 Å². The van der Waals surface area contributed by atoms with Gasteiger partial charge in [-0.2, -0.15) is 0 Å². The number of aromatic nitrogens is 2. The van der Waals surface area contributed by atoms with Crippen LogP contribution in [0.3, 0.4) is 0 Å². The zero-order valence-corrected chi connectivity index (χ0v) is 7.56. The van der Waals surface area contributed by atoms with Gasteiger partial charge in [-0.15, -0.1) is 0 Å². The third-order valence-corrected chi connectivity index (χ3v) is 2.36. The molecular weight excluding hydrogens is 168 g/mol. The van der Waals surface area contributed by atoms with Crippen LogP contribution in [0.2, 0.25) is 0 Å². The molecule has 60 valence electrons. The van der Waals surface area contributed by atoms with Crippen molar-refractivity contribution in [3.63, 3.8) is 0 Å². The molecule has 1 aromatic heterocycles. The summed E-state index contributed by atoms with van der Waals surface area (Å²) < 4.78 is 3.96. The summed E-state index contributed by atoms with van der Waals surface area (Å²) in [6.45, 7) is 2.10. The molecule has 0 atom stereocenters. The van der Waals surface area contributed by atoms with E-state index in [1.165, 1.54) is 22.7 Å². The monoisotopic (exact) mass is 177 g/mol. The molecule has 0 amide bonds. The molecule has 0 bridgehead atoms. The first-order valence-electron chi connectivity index (χ1n) is 3.76. The van der Waals surface area contributed by atoms with E-state index < -0.39 is 0 Å². The van der Waals surface area contributed by atoms with Crippen molar-refractivity contribution in [3.05, 3.63) is 35.2 Å². The minimum atomic E-state index is 1.10. The standard InChI is InChI=1S/C9H8N2S/c1-7-4-2-3-5-8(7)9-6-12-11-10-9/h2-6H,1H3/p+1. The van der Waals surface area contributed by atoms with E-state index in [1.807, 2.05) is 17.5 Å². The molecular formula is C9H9N2S+. The fourth-order valence-electron chi connectivity index (χ4n) is 1.18. The normalized spacial score (nSPS) is 10.1. The molecule has 0 radical (unpaired) electrons. The van der Waals surface area contributed by atoms with E-state index in [0.29, 0.717) is 0 Å². The van der Waals surface area contributed by atoms with Gasteiger partial charge in [0.05, 0.1) is 15.4 Å². The van der Waals surface area contributed by atoms with Crippen molar-refractivity contribution in [1.29, 1.82) is 0 Å². The van der Waals surface area contributed by atoms with E-state index in [4.69, 9.17) is 0 Å². The highest BCUT2D eigenvalue weighted by molar-refractivity contribution is 7.03. The van der Waals surface area contributed by atoms with Crippen molar-refractivity contribution in [2.24, 2.45) is 0 Å². The Labute approximate surface area is 75.0 Å². The maximum atomic E-state index is 3.96. The van der Waals surface area contributed by atoms with Crippen molar-refractivity contribution < 1.29 is 5.10 Å². The molecule has 2 nitrogen and oxygen atoms in total. The third-order valence-electron chi connectivity index (χ3n) is 1.82. The first-order chi connectivity index (χ1) is 5.88. The highest BCUT2D eigenvalue weighted by Gasteiger charge is 2.08. The SMILES string of the molecule is Cc1ccccc1-c1csn[nH+]1. The van der Waals surface area contributed by atoms with Crippen LogP contribution >= 0.6 is 11.5 Å². The summed E-state index contributed by atoms with van der Waals surface area (Å²) in [6.07, 6.45) is 0. The van der Waals surface area contributed by atoms with Gasteiger partial charge >= 0.3 is 0 Å². The Bertz CT molecular complexity index is 368. The number of nitrogens with one attached hydrogen (secondary N) is 1. The number of rotatable bonds is 1. The maximum Gasteiger partial charge on any atom is 0.249 e. The molecule has 3 heteroatoms. The number of nitrogens with zero attached hydrogens (tertiary/aromatic N) is 1. The van der Waals surface area contributed by atoms with Crippen LogP contribution < -0.4 is 5.10 Å². The van der Waals surface area contributed by atoms with E-state index in [0.717, 1.165) is 5.69 Å². The molecule has 0 aliphatic heterocycles. The van der Waals surface area contributed by atoms with Crippen molar-refractivity contribution in [2.45, 2.75) is 6.92 Å². The molecule has 1 aromatic carbocycles. The van der Waals surface area contributed by atoms with E-state index in [-0.39, 0.29) is 0 Å². The Kier molecular flexibility index (Phi) is 1.87. The molecule has 0 unspecified atom stereocenters. The van der Waals surface area contributed by atoms with Crippen molar-refractivity contribution >= 4 is 11.5 Å². The van der Waals surface area contributed by atoms with E-state index in [1.54, 1.807) is 0 Å². The van der Waals surface area contributed by atoms with Crippen LogP contribution in [0.5, 0.6) is 0 Å².